The monoisotopic (exact) mass is 338 g/mol. The Hall–Kier alpha value is -2.66. The van der Waals surface area contributed by atoms with Gasteiger partial charge in [0.05, 0.1) is 18.5 Å². The first kappa shape index (κ1) is 14.9. The second-order valence-electron chi connectivity index (χ2n) is 5.55. The summed E-state index contributed by atoms with van der Waals surface area (Å²) in [6.45, 7) is 2.41. The van der Waals surface area contributed by atoms with Gasteiger partial charge in [-0.25, -0.2) is 0 Å². The molecule has 1 aromatic heterocycles. The summed E-state index contributed by atoms with van der Waals surface area (Å²) in [5, 5.41) is 9.15. The highest BCUT2D eigenvalue weighted by Gasteiger charge is 2.22. The van der Waals surface area contributed by atoms with Crippen LogP contribution in [0.2, 0.25) is 5.02 Å². The van der Waals surface area contributed by atoms with Crippen molar-refractivity contribution < 1.29 is 4.74 Å². The van der Waals surface area contributed by atoms with Gasteiger partial charge < -0.3 is 4.74 Å². The number of halogens is 1. The first-order chi connectivity index (χ1) is 11.7. The van der Waals surface area contributed by atoms with E-state index in [1.807, 2.05) is 54.0 Å². The minimum absolute atomic E-state index is 0.468. The number of ether oxygens (including phenoxy) is 1. The molecule has 0 bridgehead atoms. The van der Waals surface area contributed by atoms with E-state index in [0.717, 1.165) is 39.9 Å². The van der Waals surface area contributed by atoms with Crippen molar-refractivity contribution in [2.45, 2.75) is 13.5 Å². The van der Waals surface area contributed by atoms with Gasteiger partial charge in [-0.15, -0.1) is 10.2 Å². The third kappa shape index (κ3) is 2.37. The minimum Gasteiger partial charge on any atom is -0.497 e. The number of hydrogen-bond donors (Lipinski definition) is 0. The van der Waals surface area contributed by atoms with Crippen molar-refractivity contribution in [3.8, 4) is 11.4 Å². The maximum Gasteiger partial charge on any atom is 0.159 e. The summed E-state index contributed by atoms with van der Waals surface area (Å²) < 4.78 is 7.43. The number of benzene rings is 2. The minimum atomic E-state index is 0.468. The van der Waals surface area contributed by atoms with E-state index in [4.69, 9.17) is 21.3 Å². The van der Waals surface area contributed by atoms with Crippen LogP contribution >= 0.6 is 11.6 Å². The molecule has 0 radical (unpaired) electrons. The molecule has 0 spiro atoms. The predicted octanol–water partition coefficient (Wildman–Crippen LogP) is 3.59. The van der Waals surface area contributed by atoms with E-state index in [-0.39, 0.29) is 0 Å². The van der Waals surface area contributed by atoms with Crippen molar-refractivity contribution in [3.05, 3.63) is 70.3 Å². The van der Waals surface area contributed by atoms with Crippen LogP contribution in [0.4, 0.5) is 0 Å². The highest BCUT2D eigenvalue weighted by Crippen LogP contribution is 2.29. The lowest BCUT2D eigenvalue weighted by Gasteiger charge is -2.14. The second kappa shape index (κ2) is 5.76. The third-order valence-corrected chi connectivity index (χ3v) is 4.34. The molecule has 0 saturated carbocycles. The molecule has 0 aliphatic carbocycles. The van der Waals surface area contributed by atoms with Crippen LogP contribution in [0.5, 0.6) is 5.75 Å². The number of nitrogens with zero attached hydrogens (tertiary/aromatic N) is 4. The average Bonchev–Trinajstić information content (AvgIpc) is 2.88. The van der Waals surface area contributed by atoms with Crippen molar-refractivity contribution >= 4 is 17.3 Å². The molecule has 2 aromatic carbocycles. The van der Waals surface area contributed by atoms with Gasteiger partial charge in [0.2, 0.25) is 0 Å². The van der Waals surface area contributed by atoms with E-state index in [2.05, 4.69) is 10.2 Å². The molecule has 0 saturated heterocycles. The summed E-state index contributed by atoms with van der Waals surface area (Å²) in [6.07, 6.45) is 0. The Morgan fingerprint density at radius 2 is 1.88 bits per heavy atom. The lowest BCUT2D eigenvalue weighted by molar-refractivity contribution is 0.414. The van der Waals surface area contributed by atoms with E-state index >= 15 is 0 Å². The van der Waals surface area contributed by atoms with E-state index in [0.29, 0.717) is 11.6 Å². The standard InChI is InChI=1S/C18H15ClN4O/c1-11-21-22-17-10-20-18(12-3-5-13(19)6-4-12)15-8-7-14(24-2)9-16(15)23(11)17/h3-9H,10H2,1-2H3. The summed E-state index contributed by atoms with van der Waals surface area (Å²) in [5.41, 5.74) is 3.91. The van der Waals surface area contributed by atoms with E-state index in [1.54, 1.807) is 7.11 Å². The molecule has 5 nitrogen and oxygen atoms in total. The van der Waals surface area contributed by atoms with Crippen LogP contribution < -0.4 is 4.74 Å². The molecule has 2 heterocycles. The maximum atomic E-state index is 6.02. The normalized spacial score (nSPS) is 12.9. The Balaban J connectivity index is 1.96. The maximum absolute atomic E-state index is 6.02. The van der Waals surface area contributed by atoms with Crippen LogP contribution in [-0.4, -0.2) is 27.6 Å². The molecule has 0 amide bonds. The van der Waals surface area contributed by atoms with E-state index < -0.39 is 0 Å². The Morgan fingerprint density at radius 1 is 1.08 bits per heavy atom. The molecular formula is C18H15ClN4O. The van der Waals surface area contributed by atoms with Crippen LogP contribution in [0, 0.1) is 6.92 Å². The van der Waals surface area contributed by atoms with Gasteiger partial charge in [-0.05, 0) is 31.2 Å². The molecule has 4 rings (SSSR count). The van der Waals surface area contributed by atoms with Crippen molar-refractivity contribution in [2.24, 2.45) is 4.99 Å². The van der Waals surface area contributed by atoms with E-state index in [9.17, 15) is 0 Å². The van der Waals surface area contributed by atoms with E-state index in [1.165, 1.54) is 0 Å². The molecule has 0 fully saturated rings. The number of hydrogen-bond acceptors (Lipinski definition) is 4. The van der Waals surface area contributed by atoms with Gasteiger partial charge in [0, 0.05) is 22.2 Å². The fourth-order valence-electron chi connectivity index (χ4n) is 2.94. The number of rotatable bonds is 2. The van der Waals surface area contributed by atoms with Crippen molar-refractivity contribution in [1.82, 2.24) is 14.8 Å². The van der Waals surface area contributed by atoms with Gasteiger partial charge in [0.15, 0.2) is 5.82 Å². The van der Waals surface area contributed by atoms with Crippen LogP contribution in [-0.2, 0) is 6.54 Å². The van der Waals surface area contributed by atoms with Crippen LogP contribution in [0.15, 0.2) is 47.5 Å². The Kier molecular flexibility index (Phi) is 3.58. The first-order valence-corrected chi connectivity index (χ1v) is 7.95. The van der Waals surface area contributed by atoms with Crippen molar-refractivity contribution in [3.63, 3.8) is 0 Å². The molecule has 1 aliphatic rings. The van der Waals surface area contributed by atoms with Crippen LogP contribution in [0.3, 0.4) is 0 Å². The van der Waals surface area contributed by atoms with Crippen molar-refractivity contribution in [1.29, 1.82) is 0 Å². The lowest BCUT2D eigenvalue weighted by Crippen LogP contribution is -2.08. The predicted molar refractivity (Wildman–Crippen MR) is 93.4 cm³/mol. The number of aryl methyl sites for hydroxylation is 1. The average molecular weight is 339 g/mol. The van der Waals surface area contributed by atoms with Gasteiger partial charge in [0.25, 0.3) is 0 Å². The van der Waals surface area contributed by atoms with Gasteiger partial charge in [-0.1, -0.05) is 23.7 Å². The quantitative estimate of drug-likeness (QED) is 0.717. The Labute approximate surface area is 144 Å². The molecule has 120 valence electrons. The zero-order valence-corrected chi connectivity index (χ0v) is 14.1. The number of fused-ring (bicyclic) bond motifs is 3. The summed E-state index contributed by atoms with van der Waals surface area (Å²) in [5.74, 6) is 2.42. The largest absolute Gasteiger partial charge is 0.497 e. The second-order valence-corrected chi connectivity index (χ2v) is 5.99. The smallest absolute Gasteiger partial charge is 0.159 e. The lowest BCUT2D eigenvalue weighted by atomic mass is 10.00. The molecule has 24 heavy (non-hydrogen) atoms. The SMILES string of the molecule is COc1ccc2c(c1)-n1c(C)nnc1CN=C2c1ccc(Cl)cc1. The highest BCUT2D eigenvalue weighted by molar-refractivity contribution is 6.30. The molecule has 3 aromatic rings. The molecule has 0 atom stereocenters. The summed E-state index contributed by atoms with van der Waals surface area (Å²) in [6, 6.07) is 13.7. The molecule has 6 heteroatoms. The van der Waals surface area contributed by atoms with Crippen LogP contribution in [0.25, 0.3) is 5.69 Å². The highest BCUT2D eigenvalue weighted by atomic mass is 35.5. The summed E-state index contributed by atoms with van der Waals surface area (Å²) >= 11 is 6.02. The van der Waals surface area contributed by atoms with Gasteiger partial charge in [0.1, 0.15) is 18.1 Å². The molecular weight excluding hydrogens is 324 g/mol. The van der Waals surface area contributed by atoms with Gasteiger partial charge in [-0.3, -0.25) is 9.56 Å². The molecule has 0 N–H and O–H groups in total. The summed E-state index contributed by atoms with van der Waals surface area (Å²) in [4.78, 5) is 4.78. The number of aromatic nitrogens is 3. The Bertz CT molecular complexity index is 944. The van der Waals surface area contributed by atoms with Crippen LogP contribution in [0.1, 0.15) is 22.8 Å². The third-order valence-electron chi connectivity index (χ3n) is 4.09. The fourth-order valence-corrected chi connectivity index (χ4v) is 3.06. The molecule has 1 aliphatic heterocycles. The van der Waals surface area contributed by atoms with Crippen molar-refractivity contribution in [2.75, 3.05) is 7.11 Å². The Morgan fingerprint density at radius 3 is 2.62 bits per heavy atom. The van der Waals surface area contributed by atoms with Gasteiger partial charge >= 0.3 is 0 Å². The topological polar surface area (TPSA) is 52.3 Å². The zero-order chi connectivity index (χ0) is 16.7. The number of methoxy groups -OCH3 is 1. The summed E-state index contributed by atoms with van der Waals surface area (Å²) in [7, 11) is 1.66. The molecule has 0 unspecified atom stereocenters. The zero-order valence-electron chi connectivity index (χ0n) is 13.3. The fraction of sp³-hybridized carbons (Fsp3) is 0.167. The number of aliphatic imine (C=N–C) groups is 1. The van der Waals surface area contributed by atoms with Gasteiger partial charge in [-0.2, -0.15) is 0 Å². The first-order valence-electron chi connectivity index (χ1n) is 7.57.